The Kier molecular flexibility index (Phi) is 9.80. The van der Waals surface area contributed by atoms with Crippen molar-refractivity contribution in [2.24, 2.45) is 0 Å². The molecule has 1 aliphatic carbocycles. The molecule has 0 bridgehead atoms. The van der Waals surface area contributed by atoms with Gasteiger partial charge in [-0.15, -0.1) is 0 Å². The second-order valence-corrected chi connectivity index (χ2v) is 11.2. The smallest absolute Gasteiger partial charge is 0.119 e. The first-order chi connectivity index (χ1) is 17.7. The fourth-order valence-electron chi connectivity index (χ4n) is 4.89. The average molecular weight is 503 g/mol. The van der Waals surface area contributed by atoms with Crippen molar-refractivity contribution in [3.63, 3.8) is 0 Å². The third kappa shape index (κ3) is 7.10. The SMILES string of the molecule is CCCCS(=O)CCCCCOc1ccc(C2=C(c3ccccc3)CCCc3cc(O)ccc32)cc1. The molecule has 4 rings (SSSR count). The van der Waals surface area contributed by atoms with E-state index >= 15 is 0 Å². The van der Waals surface area contributed by atoms with Crippen LogP contribution in [0.3, 0.4) is 0 Å². The number of unbranched alkanes of at least 4 members (excludes halogenated alkanes) is 3. The number of hydrogen-bond donors (Lipinski definition) is 1. The summed E-state index contributed by atoms with van der Waals surface area (Å²) in [6, 6.07) is 24.9. The molecule has 3 aromatic carbocycles. The average Bonchev–Trinajstić information content (AvgIpc) is 3.09. The quantitative estimate of drug-likeness (QED) is 0.257. The van der Waals surface area contributed by atoms with Gasteiger partial charge in [-0.2, -0.15) is 0 Å². The number of fused-ring (bicyclic) bond motifs is 1. The summed E-state index contributed by atoms with van der Waals surface area (Å²) in [5.74, 6) is 2.86. The normalized spacial score (nSPS) is 14.2. The Morgan fingerprint density at radius 3 is 2.39 bits per heavy atom. The van der Waals surface area contributed by atoms with Crippen LogP contribution in [0.25, 0.3) is 11.1 Å². The molecule has 0 aromatic heterocycles. The largest absolute Gasteiger partial charge is 0.508 e. The van der Waals surface area contributed by atoms with Gasteiger partial charge in [-0.25, -0.2) is 0 Å². The Labute approximate surface area is 218 Å². The topological polar surface area (TPSA) is 46.5 Å². The first kappa shape index (κ1) is 26.2. The third-order valence-corrected chi connectivity index (χ3v) is 8.30. The monoisotopic (exact) mass is 502 g/mol. The minimum Gasteiger partial charge on any atom is -0.508 e. The van der Waals surface area contributed by atoms with E-state index in [1.807, 2.05) is 6.07 Å². The molecule has 0 amide bonds. The van der Waals surface area contributed by atoms with Gasteiger partial charge in [-0.3, -0.25) is 4.21 Å². The highest BCUT2D eigenvalue weighted by atomic mass is 32.2. The molecule has 1 N–H and O–H groups in total. The molecule has 0 radical (unpaired) electrons. The molecule has 1 unspecified atom stereocenters. The van der Waals surface area contributed by atoms with Crippen molar-refractivity contribution < 1.29 is 14.1 Å². The van der Waals surface area contributed by atoms with Gasteiger partial charge in [0.2, 0.25) is 0 Å². The van der Waals surface area contributed by atoms with E-state index in [2.05, 4.69) is 67.6 Å². The standard InChI is InChI=1S/C32H38O3S/c1-2-3-22-36(34)23-9-5-8-21-35-29-18-15-26(16-19-29)32-30(25-11-6-4-7-12-25)14-10-13-27-24-28(33)17-20-31(27)32/h4,6-7,11-12,15-20,24,33H,2-3,5,8-10,13-14,21-23H2,1H3. The molecule has 3 aromatic rings. The van der Waals surface area contributed by atoms with Gasteiger partial charge in [0.1, 0.15) is 11.5 Å². The summed E-state index contributed by atoms with van der Waals surface area (Å²) >= 11 is 0. The number of phenols is 1. The van der Waals surface area contributed by atoms with Crippen molar-refractivity contribution in [1.82, 2.24) is 0 Å². The number of ether oxygens (including phenoxy) is 1. The fourth-order valence-corrected chi connectivity index (χ4v) is 6.23. The van der Waals surface area contributed by atoms with Gasteiger partial charge in [0.15, 0.2) is 0 Å². The summed E-state index contributed by atoms with van der Waals surface area (Å²) in [6.07, 6.45) is 8.21. The first-order valence-electron chi connectivity index (χ1n) is 13.3. The van der Waals surface area contributed by atoms with Crippen LogP contribution in [-0.4, -0.2) is 27.4 Å². The minimum absolute atomic E-state index is 0.326. The molecular formula is C32H38O3S. The second kappa shape index (κ2) is 13.5. The Morgan fingerprint density at radius 1 is 0.833 bits per heavy atom. The van der Waals surface area contributed by atoms with E-state index in [9.17, 15) is 9.32 Å². The summed E-state index contributed by atoms with van der Waals surface area (Å²) in [4.78, 5) is 0. The zero-order valence-corrected chi connectivity index (χ0v) is 22.2. The summed E-state index contributed by atoms with van der Waals surface area (Å²) in [5.41, 5.74) is 7.43. The molecule has 0 heterocycles. The highest BCUT2D eigenvalue weighted by Crippen LogP contribution is 2.40. The molecule has 1 atom stereocenters. The van der Waals surface area contributed by atoms with Crippen LogP contribution >= 0.6 is 0 Å². The molecule has 0 fully saturated rings. The van der Waals surface area contributed by atoms with Crippen LogP contribution in [0.2, 0.25) is 0 Å². The Hall–Kier alpha value is -2.85. The molecular weight excluding hydrogens is 464 g/mol. The molecule has 0 saturated heterocycles. The van der Waals surface area contributed by atoms with E-state index in [-0.39, 0.29) is 0 Å². The van der Waals surface area contributed by atoms with Gasteiger partial charge in [0.25, 0.3) is 0 Å². The van der Waals surface area contributed by atoms with Crippen molar-refractivity contribution in [3.8, 4) is 11.5 Å². The lowest BCUT2D eigenvalue weighted by Gasteiger charge is -2.17. The zero-order valence-electron chi connectivity index (χ0n) is 21.4. The van der Waals surface area contributed by atoms with Gasteiger partial charge in [0, 0.05) is 22.3 Å². The van der Waals surface area contributed by atoms with E-state index in [1.54, 1.807) is 6.07 Å². The van der Waals surface area contributed by atoms with Gasteiger partial charge in [-0.1, -0.05) is 61.9 Å². The molecule has 0 aliphatic heterocycles. The van der Waals surface area contributed by atoms with Crippen molar-refractivity contribution in [2.75, 3.05) is 18.1 Å². The van der Waals surface area contributed by atoms with Crippen LogP contribution in [0.1, 0.15) is 74.1 Å². The van der Waals surface area contributed by atoms with Gasteiger partial charge < -0.3 is 9.84 Å². The number of phenolic OH excluding ortho intramolecular Hbond substituents is 1. The maximum atomic E-state index is 11.9. The maximum Gasteiger partial charge on any atom is 0.119 e. The Morgan fingerprint density at radius 2 is 1.61 bits per heavy atom. The van der Waals surface area contributed by atoms with Crippen LogP contribution in [0.15, 0.2) is 72.8 Å². The molecule has 36 heavy (non-hydrogen) atoms. The molecule has 0 spiro atoms. The van der Waals surface area contributed by atoms with E-state index in [0.29, 0.717) is 12.4 Å². The lowest BCUT2D eigenvalue weighted by Crippen LogP contribution is -2.04. The first-order valence-corrected chi connectivity index (χ1v) is 14.8. The number of aromatic hydroxyl groups is 1. The highest BCUT2D eigenvalue weighted by molar-refractivity contribution is 7.84. The van der Waals surface area contributed by atoms with Crippen LogP contribution in [-0.2, 0) is 17.2 Å². The summed E-state index contributed by atoms with van der Waals surface area (Å²) in [7, 11) is -0.661. The molecule has 0 saturated carbocycles. The van der Waals surface area contributed by atoms with Crippen molar-refractivity contribution >= 4 is 21.9 Å². The summed E-state index contributed by atoms with van der Waals surface area (Å²) < 4.78 is 17.9. The van der Waals surface area contributed by atoms with Crippen LogP contribution in [0.4, 0.5) is 0 Å². The maximum absolute atomic E-state index is 11.9. The lowest BCUT2D eigenvalue weighted by molar-refractivity contribution is 0.306. The van der Waals surface area contributed by atoms with Crippen molar-refractivity contribution in [3.05, 3.63) is 95.1 Å². The number of aryl methyl sites for hydroxylation is 1. The van der Waals surface area contributed by atoms with Gasteiger partial charge in [-0.05, 0) is 103 Å². The molecule has 4 heteroatoms. The molecule has 190 valence electrons. The second-order valence-electron chi connectivity index (χ2n) is 9.55. The van der Waals surface area contributed by atoms with Crippen molar-refractivity contribution in [1.29, 1.82) is 0 Å². The van der Waals surface area contributed by atoms with E-state index in [4.69, 9.17) is 4.74 Å². The van der Waals surface area contributed by atoms with E-state index in [1.165, 1.54) is 33.4 Å². The summed E-state index contributed by atoms with van der Waals surface area (Å²) in [5, 5.41) is 10.1. The van der Waals surface area contributed by atoms with E-state index in [0.717, 1.165) is 68.6 Å². The zero-order chi connectivity index (χ0) is 25.2. The summed E-state index contributed by atoms with van der Waals surface area (Å²) in [6.45, 7) is 2.82. The number of benzene rings is 3. The predicted octanol–water partition coefficient (Wildman–Crippen LogP) is 7.79. The van der Waals surface area contributed by atoms with Crippen LogP contribution < -0.4 is 4.74 Å². The number of allylic oxidation sites excluding steroid dienone is 1. The van der Waals surface area contributed by atoms with Crippen LogP contribution in [0.5, 0.6) is 11.5 Å². The Balaban J connectivity index is 1.45. The fraction of sp³-hybridized carbons (Fsp3) is 0.375. The molecule has 3 nitrogen and oxygen atoms in total. The number of hydrogen-bond acceptors (Lipinski definition) is 3. The third-order valence-electron chi connectivity index (χ3n) is 6.81. The van der Waals surface area contributed by atoms with E-state index < -0.39 is 10.8 Å². The number of rotatable bonds is 12. The van der Waals surface area contributed by atoms with Crippen LogP contribution in [0, 0.1) is 0 Å². The van der Waals surface area contributed by atoms with Gasteiger partial charge >= 0.3 is 0 Å². The van der Waals surface area contributed by atoms with Crippen molar-refractivity contribution in [2.45, 2.75) is 58.3 Å². The van der Waals surface area contributed by atoms with Gasteiger partial charge in [0.05, 0.1) is 6.61 Å². The lowest BCUT2D eigenvalue weighted by atomic mass is 9.88. The Bertz CT molecular complexity index is 1170. The molecule has 1 aliphatic rings. The predicted molar refractivity (Wildman–Crippen MR) is 152 cm³/mol. The minimum atomic E-state index is -0.661. The highest BCUT2D eigenvalue weighted by Gasteiger charge is 2.20.